The largest absolute Gasteiger partial charge is 0.481 e. The first-order chi connectivity index (χ1) is 10.7. The number of carbonyl (C=O) groups is 1. The third-order valence-corrected chi connectivity index (χ3v) is 4.38. The Labute approximate surface area is 134 Å². The normalized spacial score (nSPS) is 14.0. The summed E-state index contributed by atoms with van der Waals surface area (Å²) in [4.78, 5) is 16.0. The minimum Gasteiger partial charge on any atom is -0.481 e. The van der Waals surface area contributed by atoms with Gasteiger partial charge in [0.05, 0.1) is 17.2 Å². The third kappa shape index (κ3) is 3.82. The first-order valence-corrected chi connectivity index (χ1v) is 7.71. The zero-order valence-corrected chi connectivity index (χ0v) is 13.3. The molecule has 0 fully saturated rings. The maximum Gasteiger partial charge on any atom is 0.416 e. The number of benzene rings is 1. The Morgan fingerprint density at radius 1 is 1.35 bits per heavy atom. The molecule has 1 atom stereocenters. The van der Waals surface area contributed by atoms with E-state index in [1.165, 1.54) is 23.5 Å². The van der Waals surface area contributed by atoms with E-state index < -0.39 is 23.6 Å². The smallest absolute Gasteiger partial charge is 0.416 e. The highest BCUT2D eigenvalue weighted by molar-refractivity contribution is 7.07. The molecule has 2 aromatic rings. The van der Waals surface area contributed by atoms with Gasteiger partial charge in [0.25, 0.3) is 0 Å². The quantitative estimate of drug-likeness (QED) is 0.914. The van der Waals surface area contributed by atoms with Gasteiger partial charge < -0.3 is 9.67 Å². The number of nitrogens with zero attached hydrogens (tertiary/aromatic N) is 2. The molecular weight excluding hydrogens is 329 g/mol. The summed E-state index contributed by atoms with van der Waals surface area (Å²) in [5.41, 5.74) is 0.269. The van der Waals surface area contributed by atoms with Crippen LogP contribution in [0.5, 0.6) is 0 Å². The van der Waals surface area contributed by atoms with Crippen molar-refractivity contribution < 1.29 is 23.1 Å². The maximum atomic E-state index is 12.5. The van der Waals surface area contributed by atoms with Crippen molar-refractivity contribution in [3.8, 4) is 0 Å². The number of hydrogen-bond acceptors (Lipinski definition) is 3. The summed E-state index contributed by atoms with van der Waals surface area (Å²) in [5.74, 6) is -1.55. The summed E-state index contributed by atoms with van der Waals surface area (Å²) in [6, 6.07) is 4.52. The lowest BCUT2D eigenvalue weighted by molar-refractivity contribution is -0.139. The Bertz CT molecular complexity index is 760. The number of alkyl halides is 3. The lowest BCUT2D eigenvalue weighted by Gasteiger charge is -2.10. The average molecular weight is 344 g/mol. The van der Waals surface area contributed by atoms with Gasteiger partial charge in [-0.25, -0.2) is 4.99 Å². The second-order valence-corrected chi connectivity index (χ2v) is 5.79. The number of carboxylic acid groups (broad SMARTS) is 1. The SMILES string of the molecule is CCC(C(=O)O)c1csc(=Nc2ccc(C(F)(F)F)cc2)n1C. The molecule has 0 saturated carbocycles. The molecule has 124 valence electrons. The Balaban J connectivity index is 2.38. The van der Waals surface area contributed by atoms with Crippen molar-refractivity contribution in [2.75, 3.05) is 0 Å². The van der Waals surface area contributed by atoms with Gasteiger partial charge in [0.2, 0.25) is 0 Å². The molecule has 8 heteroatoms. The maximum absolute atomic E-state index is 12.5. The number of rotatable bonds is 4. The molecule has 0 radical (unpaired) electrons. The highest BCUT2D eigenvalue weighted by Crippen LogP contribution is 2.30. The summed E-state index contributed by atoms with van der Waals surface area (Å²) < 4.78 is 39.2. The van der Waals surface area contributed by atoms with Crippen LogP contribution in [-0.4, -0.2) is 15.6 Å². The molecule has 1 aromatic heterocycles. The molecule has 0 saturated heterocycles. The highest BCUT2D eigenvalue weighted by atomic mass is 32.1. The molecule has 1 aromatic carbocycles. The van der Waals surface area contributed by atoms with E-state index in [1.54, 1.807) is 23.9 Å². The summed E-state index contributed by atoms with van der Waals surface area (Å²) >= 11 is 1.25. The van der Waals surface area contributed by atoms with Crippen molar-refractivity contribution in [1.29, 1.82) is 0 Å². The van der Waals surface area contributed by atoms with E-state index in [1.807, 2.05) is 0 Å². The van der Waals surface area contributed by atoms with Crippen LogP contribution in [0.4, 0.5) is 18.9 Å². The standard InChI is InChI=1S/C15H15F3N2O2S/c1-3-11(13(21)22)12-8-23-14(20(12)2)19-10-6-4-9(5-7-10)15(16,17)18/h4-8,11H,3H2,1-2H3,(H,21,22). The molecule has 0 bridgehead atoms. The summed E-state index contributed by atoms with van der Waals surface area (Å²) in [5, 5.41) is 10.9. The van der Waals surface area contributed by atoms with E-state index in [9.17, 15) is 23.1 Å². The second-order valence-electron chi connectivity index (χ2n) is 4.96. The van der Waals surface area contributed by atoms with Gasteiger partial charge in [0.15, 0.2) is 4.80 Å². The van der Waals surface area contributed by atoms with Crippen molar-refractivity contribution in [3.63, 3.8) is 0 Å². The van der Waals surface area contributed by atoms with Crippen LogP contribution in [0.2, 0.25) is 0 Å². The van der Waals surface area contributed by atoms with Crippen molar-refractivity contribution >= 4 is 23.0 Å². The molecule has 0 amide bonds. The summed E-state index contributed by atoms with van der Waals surface area (Å²) in [7, 11) is 1.69. The van der Waals surface area contributed by atoms with Gasteiger partial charge in [0, 0.05) is 18.1 Å². The topological polar surface area (TPSA) is 54.6 Å². The third-order valence-electron chi connectivity index (χ3n) is 3.44. The van der Waals surface area contributed by atoms with Gasteiger partial charge in [-0.1, -0.05) is 6.92 Å². The first kappa shape index (κ1) is 17.3. The van der Waals surface area contributed by atoms with Gasteiger partial charge in [-0.2, -0.15) is 13.2 Å². The second kappa shape index (κ2) is 6.57. The number of halogens is 3. The van der Waals surface area contributed by atoms with Gasteiger partial charge >= 0.3 is 12.1 Å². The van der Waals surface area contributed by atoms with Gasteiger partial charge in [-0.15, -0.1) is 11.3 Å². The fourth-order valence-corrected chi connectivity index (χ4v) is 3.11. The fourth-order valence-electron chi connectivity index (χ4n) is 2.14. The lowest BCUT2D eigenvalue weighted by Crippen LogP contribution is -2.19. The Hall–Kier alpha value is -2.09. The van der Waals surface area contributed by atoms with Gasteiger partial charge in [0.1, 0.15) is 0 Å². The molecule has 0 spiro atoms. The van der Waals surface area contributed by atoms with Crippen LogP contribution in [0.3, 0.4) is 0 Å². The van der Waals surface area contributed by atoms with Crippen LogP contribution >= 0.6 is 11.3 Å². The average Bonchev–Trinajstić information content (AvgIpc) is 2.81. The van der Waals surface area contributed by atoms with Crippen LogP contribution in [-0.2, 0) is 18.0 Å². The monoisotopic (exact) mass is 344 g/mol. The van der Waals surface area contributed by atoms with Crippen molar-refractivity contribution in [2.24, 2.45) is 12.0 Å². The van der Waals surface area contributed by atoms with Crippen molar-refractivity contribution in [2.45, 2.75) is 25.4 Å². The van der Waals surface area contributed by atoms with Gasteiger partial charge in [-0.05, 0) is 30.7 Å². The lowest BCUT2D eigenvalue weighted by atomic mass is 10.0. The minimum absolute atomic E-state index is 0.380. The summed E-state index contributed by atoms with van der Waals surface area (Å²) in [6.45, 7) is 1.78. The molecule has 4 nitrogen and oxygen atoms in total. The molecular formula is C15H15F3N2O2S. The number of carboxylic acids is 1. The molecule has 0 aliphatic rings. The van der Waals surface area contributed by atoms with Crippen LogP contribution in [0.15, 0.2) is 34.6 Å². The van der Waals surface area contributed by atoms with E-state index >= 15 is 0 Å². The van der Waals surface area contributed by atoms with E-state index in [2.05, 4.69) is 4.99 Å². The molecule has 23 heavy (non-hydrogen) atoms. The number of hydrogen-bond donors (Lipinski definition) is 1. The minimum atomic E-state index is -4.38. The number of aliphatic carboxylic acids is 1. The highest BCUT2D eigenvalue weighted by Gasteiger charge is 2.29. The molecule has 1 unspecified atom stereocenters. The van der Waals surface area contributed by atoms with Crippen LogP contribution in [0, 0.1) is 0 Å². The molecule has 0 aliphatic carbocycles. The fraction of sp³-hybridized carbons (Fsp3) is 0.333. The Morgan fingerprint density at radius 2 is 1.96 bits per heavy atom. The van der Waals surface area contributed by atoms with Gasteiger partial charge in [-0.3, -0.25) is 4.79 Å². The van der Waals surface area contributed by atoms with Crippen LogP contribution < -0.4 is 4.80 Å². The van der Waals surface area contributed by atoms with E-state index in [0.29, 0.717) is 22.6 Å². The molecule has 0 aliphatic heterocycles. The zero-order chi connectivity index (χ0) is 17.2. The summed E-state index contributed by atoms with van der Waals surface area (Å²) in [6.07, 6.45) is -3.94. The predicted molar refractivity (Wildman–Crippen MR) is 80.6 cm³/mol. The molecule has 1 N–H and O–H groups in total. The van der Waals surface area contributed by atoms with Crippen LogP contribution in [0.25, 0.3) is 0 Å². The number of thiazole rings is 1. The Kier molecular flexibility index (Phi) is 4.93. The van der Waals surface area contributed by atoms with Crippen LogP contribution in [0.1, 0.15) is 30.5 Å². The van der Waals surface area contributed by atoms with E-state index in [0.717, 1.165) is 12.1 Å². The Morgan fingerprint density at radius 3 is 2.43 bits per heavy atom. The van der Waals surface area contributed by atoms with E-state index in [-0.39, 0.29) is 0 Å². The predicted octanol–water partition coefficient (Wildman–Crippen LogP) is 3.92. The van der Waals surface area contributed by atoms with Crippen molar-refractivity contribution in [1.82, 2.24) is 4.57 Å². The van der Waals surface area contributed by atoms with Crippen molar-refractivity contribution in [3.05, 3.63) is 45.7 Å². The number of aromatic nitrogens is 1. The molecule has 2 rings (SSSR count). The first-order valence-electron chi connectivity index (χ1n) is 6.83. The van der Waals surface area contributed by atoms with E-state index in [4.69, 9.17) is 0 Å². The zero-order valence-electron chi connectivity index (χ0n) is 12.5. The molecule has 1 heterocycles.